The van der Waals surface area contributed by atoms with Crippen molar-refractivity contribution in [2.75, 3.05) is 19.6 Å². The molecular weight excluding hydrogens is 338 g/mol. The maximum absolute atomic E-state index is 10.8. The monoisotopic (exact) mass is 357 g/mol. The van der Waals surface area contributed by atoms with Gasteiger partial charge in [0, 0.05) is 23.5 Å². The first-order valence-electron chi connectivity index (χ1n) is 8.45. The fraction of sp³-hybridized carbons (Fsp3) is 0.350. The molecule has 0 bridgehead atoms. The average molecular weight is 358 g/mol. The Morgan fingerprint density at radius 1 is 1.16 bits per heavy atom. The van der Waals surface area contributed by atoms with E-state index in [1.165, 1.54) is 11.1 Å². The summed E-state index contributed by atoms with van der Waals surface area (Å²) >= 11 is 6.00. The predicted octanol–water partition coefficient (Wildman–Crippen LogP) is 3.40. The highest BCUT2D eigenvalue weighted by Crippen LogP contribution is 2.44. The number of nitrogens with zero attached hydrogens (tertiary/aromatic N) is 1. The largest absolute Gasteiger partial charge is 0.489 e. The Hall–Kier alpha value is -2.04. The van der Waals surface area contributed by atoms with E-state index >= 15 is 0 Å². The highest BCUT2D eigenvalue weighted by molar-refractivity contribution is 6.30. The number of aliphatic carboxylic acids is 1. The Balaban J connectivity index is 1.38. The number of likely N-dealkylation sites (tertiary alicyclic amines) is 1. The van der Waals surface area contributed by atoms with E-state index in [4.69, 9.17) is 21.4 Å². The minimum absolute atomic E-state index is 0.145. The molecule has 1 aliphatic carbocycles. The Labute approximate surface area is 152 Å². The molecule has 1 fully saturated rings. The molecule has 1 N–H and O–H groups in total. The zero-order valence-corrected chi connectivity index (χ0v) is 14.6. The molecular formula is C20H20ClNO3. The Kier molecular flexibility index (Phi) is 4.18. The number of ether oxygens (including phenoxy) is 1. The van der Waals surface area contributed by atoms with Crippen molar-refractivity contribution in [3.05, 3.63) is 64.2 Å². The molecule has 130 valence electrons. The molecule has 2 aliphatic rings. The number of rotatable bonds is 5. The first-order valence-corrected chi connectivity index (χ1v) is 8.82. The van der Waals surface area contributed by atoms with Gasteiger partial charge in [-0.3, -0.25) is 9.69 Å². The van der Waals surface area contributed by atoms with Gasteiger partial charge in [-0.2, -0.15) is 0 Å². The molecule has 1 saturated heterocycles. The van der Waals surface area contributed by atoms with Crippen LogP contribution in [-0.4, -0.2) is 35.6 Å². The summed E-state index contributed by atoms with van der Waals surface area (Å²) in [5, 5.41) is 9.61. The molecule has 5 heteroatoms. The van der Waals surface area contributed by atoms with Crippen molar-refractivity contribution in [3.8, 4) is 5.75 Å². The number of carboxylic acids is 1. The van der Waals surface area contributed by atoms with Gasteiger partial charge in [0.2, 0.25) is 0 Å². The summed E-state index contributed by atoms with van der Waals surface area (Å²) in [5.41, 5.74) is 3.97. The number of hydrogen-bond donors (Lipinski definition) is 1. The van der Waals surface area contributed by atoms with Crippen molar-refractivity contribution in [2.24, 2.45) is 5.41 Å². The van der Waals surface area contributed by atoms with Crippen LogP contribution < -0.4 is 4.74 Å². The normalized spacial score (nSPS) is 18.0. The molecule has 1 aliphatic heterocycles. The lowest BCUT2D eigenvalue weighted by atomic mass is 9.77. The quantitative estimate of drug-likeness (QED) is 0.891. The topological polar surface area (TPSA) is 49.8 Å². The molecule has 0 radical (unpaired) electrons. The number of carboxylic acid groups (broad SMARTS) is 1. The van der Waals surface area contributed by atoms with Crippen LogP contribution >= 0.6 is 11.6 Å². The van der Waals surface area contributed by atoms with E-state index < -0.39 is 5.97 Å². The van der Waals surface area contributed by atoms with Crippen molar-refractivity contribution in [1.29, 1.82) is 0 Å². The van der Waals surface area contributed by atoms with Crippen LogP contribution in [0.3, 0.4) is 0 Å². The standard InChI is InChI=1S/C20H20ClNO3/c21-17-3-1-2-14(6-17)11-25-18-5-4-15-8-20(9-16(15)7-18)12-22(13-20)10-19(23)24/h1-7H,8-13H2,(H,23,24). The molecule has 2 aromatic carbocycles. The molecule has 1 spiro atoms. The minimum Gasteiger partial charge on any atom is -0.489 e. The van der Waals surface area contributed by atoms with Gasteiger partial charge in [0.15, 0.2) is 0 Å². The van der Waals surface area contributed by atoms with Gasteiger partial charge >= 0.3 is 5.97 Å². The van der Waals surface area contributed by atoms with Gasteiger partial charge in [-0.15, -0.1) is 0 Å². The molecule has 4 rings (SSSR count). The highest BCUT2D eigenvalue weighted by Gasteiger charge is 2.47. The van der Waals surface area contributed by atoms with E-state index in [0.29, 0.717) is 11.6 Å². The SMILES string of the molecule is O=C(O)CN1CC2(Cc3ccc(OCc4cccc(Cl)c4)cc3C2)C1. The summed E-state index contributed by atoms with van der Waals surface area (Å²) in [4.78, 5) is 12.8. The summed E-state index contributed by atoms with van der Waals surface area (Å²) in [6.07, 6.45) is 2.04. The van der Waals surface area contributed by atoms with Crippen molar-refractivity contribution in [3.63, 3.8) is 0 Å². The van der Waals surface area contributed by atoms with Crippen molar-refractivity contribution >= 4 is 17.6 Å². The van der Waals surface area contributed by atoms with Gasteiger partial charge in [-0.1, -0.05) is 29.8 Å². The number of fused-ring (bicyclic) bond motifs is 1. The van der Waals surface area contributed by atoms with E-state index in [-0.39, 0.29) is 12.0 Å². The maximum Gasteiger partial charge on any atom is 0.317 e. The van der Waals surface area contributed by atoms with Crippen LogP contribution in [0.5, 0.6) is 5.75 Å². The van der Waals surface area contributed by atoms with Crippen molar-refractivity contribution in [1.82, 2.24) is 4.90 Å². The zero-order chi connectivity index (χ0) is 17.4. The fourth-order valence-corrected chi connectivity index (χ4v) is 4.33. The maximum atomic E-state index is 10.8. The summed E-state index contributed by atoms with van der Waals surface area (Å²) in [5.74, 6) is 0.125. The first kappa shape index (κ1) is 16.4. The van der Waals surface area contributed by atoms with Crippen LogP contribution in [0.25, 0.3) is 0 Å². The summed E-state index contributed by atoms with van der Waals surface area (Å²) < 4.78 is 5.92. The number of benzene rings is 2. The third-order valence-corrected chi connectivity index (χ3v) is 5.32. The second-order valence-electron chi connectivity index (χ2n) is 7.24. The van der Waals surface area contributed by atoms with Gasteiger partial charge in [-0.25, -0.2) is 0 Å². The van der Waals surface area contributed by atoms with Gasteiger partial charge < -0.3 is 9.84 Å². The minimum atomic E-state index is -0.748. The van der Waals surface area contributed by atoms with Gasteiger partial charge in [-0.05, 0) is 53.8 Å². The molecule has 4 nitrogen and oxygen atoms in total. The second-order valence-corrected chi connectivity index (χ2v) is 7.68. The molecule has 0 atom stereocenters. The van der Waals surface area contributed by atoms with Gasteiger partial charge in [0.05, 0.1) is 6.54 Å². The lowest BCUT2D eigenvalue weighted by Gasteiger charge is -2.47. The molecule has 25 heavy (non-hydrogen) atoms. The Morgan fingerprint density at radius 3 is 2.72 bits per heavy atom. The third kappa shape index (κ3) is 3.51. The molecule has 2 aromatic rings. The smallest absolute Gasteiger partial charge is 0.317 e. The van der Waals surface area contributed by atoms with E-state index in [1.54, 1.807) is 0 Å². The molecule has 0 saturated carbocycles. The fourth-order valence-electron chi connectivity index (χ4n) is 4.12. The van der Waals surface area contributed by atoms with Crippen molar-refractivity contribution in [2.45, 2.75) is 19.4 Å². The van der Waals surface area contributed by atoms with Crippen LogP contribution in [0.15, 0.2) is 42.5 Å². The zero-order valence-electron chi connectivity index (χ0n) is 13.9. The predicted molar refractivity (Wildman–Crippen MR) is 96.1 cm³/mol. The first-order chi connectivity index (χ1) is 12.0. The molecule has 0 aromatic heterocycles. The van der Waals surface area contributed by atoms with Gasteiger partial charge in [0.1, 0.15) is 12.4 Å². The highest BCUT2D eigenvalue weighted by atomic mass is 35.5. The number of carbonyl (C=O) groups is 1. The van der Waals surface area contributed by atoms with Gasteiger partial charge in [0.25, 0.3) is 0 Å². The van der Waals surface area contributed by atoms with Crippen LogP contribution in [-0.2, 0) is 24.2 Å². The van der Waals surface area contributed by atoms with E-state index in [9.17, 15) is 4.79 Å². The summed E-state index contributed by atoms with van der Waals surface area (Å²) in [7, 11) is 0. The third-order valence-electron chi connectivity index (χ3n) is 5.08. The Bertz CT molecular complexity index is 814. The van der Waals surface area contributed by atoms with Crippen LogP contribution in [0, 0.1) is 5.41 Å². The number of hydrogen-bond acceptors (Lipinski definition) is 3. The lowest BCUT2D eigenvalue weighted by molar-refractivity contribution is -0.141. The second kappa shape index (κ2) is 6.36. The molecule has 0 amide bonds. The van der Waals surface area contributed by atoms with Crippen LogP contribution in [0.4, 0.5) is 0 Å². The summed E-state index contributed by atoms with van der Waals surface area (Å²) in [6, 6.07) is 14.0. The van der Waals surface area contributed by atoms with Crippen LogP contribution in [0.1, 0.15) is 16.7 Å². The van der Waals surface area contributed by atoms with Crippen molar-refractivity contribution < 1.29 is 14.6 Å². The lowest BCUT2D eigenvalue weighted by Crippen LogP contribution is -2.58. The van der Waals surface area contributed by atoms with E-state index in [1.807, 2.05) is 35.2 Å². The average Bonchev–Trinajstić information content (AvgIpc) is 2.90. The Morgan fingerprint density at radius 2 is 1.96 bits per heavy atom. The number of halogens is 1. The van der Waals surface area contributed by atoms with E-state index in [0.717, 1.165) is 37.2 Å². The molecule has 1 heterocycles. The van der Waals surface area contributed by atoms with E-state index in [2.05, 4.69) is 12.1 Å². The van der Waals surface area contributed by atoms with Crippen LogP contribution in [0.2, 0.25) is 5.02 Å². The summed E-state index contributed by atoms with van der Waals surface area (Å²) in [6.45, 7) is 2.38. The molecule has 0 unspecified atom stereocenters.